The molecule has 0 radical (unpaired) electrons. The zero-order chi connectivity index (χ0) is 22.3. The van der Waals surface area contributed by atoms with Crippen molar-refractivity contribution in [3.63, 3.8) is 0 Å². The maximum absolute atomic E-state index is 12.9. The van der Waals surface area contributed by atoms with Gasteiger partial charge in [0.25, 0.3) is 5.91 Å². The first kappa shape index (κ1) is 21.9. The molecule has 1 fully saturated rings. The van der Waals surface area contributed by atoms with Crippen molar-refractivity contribution in [2.45, 2.75) is 0 Å². The van der Waals surface area contributed by atoms with E-state index in [-0.39, 0.29) is 5.91 Å². The molecule has 7 heteroatoms. The van der Waals surface area contributed by atoms with Gasteiger partial charge in [0.15, 0.2) is 4.32 Å². The van der Waals surface area contributed by atoms with Gasteiger partial charge in [-0.3, -0.25) is 9.69 Å². The van der Waals surface area contributed by atoms with Gasteiger partial charge in [0.1, 0.15) is 30.5 Å². The number of ether oxygens (including phenoxy) is 3. The molecular weight excluding hydrogens is 442 g/mol. The highest BCUT2D eigenvalue weighted by Gasteiger charge is 2.33. The molecule has 32 heavy (non-hydrogen) atoms. The fourth-order valence-corrected chi connectivity index (χ4v) is 4.42. The third-order valence-electron chi connectivity index (χ3n) is 4.63. The van der Waals surface area contributed by atoms with Gasteiger partial charge >= 0.3 is 0 Å². The Kier molecular flexibility index (Phi) is 7.09. The Morgan fingerprint density at radius 3 is 2.25 bits per heavy atom. The molecule has 1 amide bonds. The topological polar surface area (TPSA) is 48.0 Å². The van der Waals surface area contributed by atoms with Gasteiger partial charge in [-0.15, -0.1) is 0 Å². The van der Waals surface area contributed by atoms with Crippen LogP contribution in [0.2, 0.25) is 0 Å². The number of thiocarbonyl (C=S) groups is 1. The van der Waals surface area contributed by atoms with Crippen LogP contribution in [-0.2, 0) is 4.79 Å². The fourth-order valence-electron chi connectivity index (χ4n) is 3.12. The van der Waals surface area contributed by atoms with Crippen molar-refractivity contribution in [1.29, 1.82) is 0 Å². The van der Waals surface area contributed by atoms with E-state index in [0.29, 0.717) is 28.2 Å². The third kappa shape index (κ3) is 5.30. The minimum absolute atomic E-state index is 0.121. The van der Waals surface area contributed by atoms with Crippen molar-refractivity contribution in [3.8, 4) is 17.2 Å². The number of methoxy groups -OCH3 is 1. The van der Waals surface area contributed by atoms with Crippen LogP contribution in [0.3, 0.4) is 0 Å². The van der Waals surface area contributed by atoms with Gasteiger partial charge in [-0.05, 0) is 48.0 Å². The van der Waals surface area contributed by atoms with E-state index in [9.17, 15) is 4.79 Å². The van der Waals surface area contributed by atoms with E-state index >= 15 is 0 Å². The molecule has 1 saturated heterocycles. The van der Waals surface area contributed by atoms with Crippen LogP contribution in [0.15, 0.2) is 83.8 Å². The first-order valence-corrected chi connectivity index (χ1v) is 11.2. The lowest BCUT2D eigenvalue weighted by Crippen LogP contribution is -2.27. The summed E-state index contributed by atoms with van der Waals surface area (Å²) >= 11 is 6.72. The van der Waals surface area contributed by atoms with Crippen LogP contribution in [-0.4, -0.2) is 30.6 Å². The largest absolute Gasteiger partial charge is 0.497 e. The molecule has 162 valence electrons. The van der Waals surface area contributed by atoms with Crippen molar-refractivity contribution >= 4 is 46.0 Å². The van der Waals surface area contributed by atoms with Crippen molar-refractivity contribution in [3.05, 3.63) is 89.3 Å². The van der Waals surface area contributed by atoms with Crippen molar-refractivity contribution in [2.24, 2.45) is 0 Å². The van der Waals surface area contributed by atoms with Crippen molar-refractivity contribution in [2.75, 3.05) is 25.2 Å². The number of hydrogen-bond acceptors (Lipinski definition) is 6. The van der Waals surface area contributed by atoms with Crippen LogP contribution < -0.4 is 19.1 Å². The maximum Gasteiger partial charge on any atom is 0.270 e. The summed E-state index contributed by atoms with van der Waals surface area (Å²) in [4.78, 5) is 15.0. The summed E-state index contributed by atoms with van der Waals surface area (Å²) in [5, 5.41) is 0. The quantitative estimate of drug-likeness (QED) is 0.248. The van der Waals surface area contributed by atoms with Crippen LogP contribution in [0, 0.1) is 0 Å². The number of para-hydroxylation sites is 1. The average molecular weight is 464 g/mol. The second kappa shape index (κ2) is 10.3. The maximum atomic E-state index is 12.9. The van der Waals surface area contributed by atoms with Gasteiger partial charge in [-0.1, -0.05) is 60.4 Å². The highest BCUT2D eigenvalue weighted by molar-refractivity contribution is 8.27. The van der Waals surface area contributed by atoms with Gasteiger partial charge in [0, 0.05) is 6.07 Å². The smallest absolute Gasteiger partial charge is 0.270 e. The van der Waals surface area contributed by atoms with E-state index in [4.69, 9.17) is 26.4 Å². The molecule has 0 N–H and O–H groups in total. The van der Waals surface area contributed by atoms with Crippen LogP contribution in [0.25, 0.3) is 6.08 Å². The molecule has 0 saturated carbocycles. The molecule has 3 aromatic carbocycles. The summed E-state index contributed by atoms with van der Waals surface area (Å²) in [6, 6.07) is 24.4. The van der Waals surface area contributed by atoms with Crippen LogP contribution in [0.5, 0.6) is 17.2 Å². The molecule has 0 aromatic heterocycles. The van der Waals surface area contributed by atoms with E-state index in [1.165, 1.54) is 11.8 Å². The monoisotopic (exact) mass is 463 g/mol. The van der Waals surface area contributed by atoms with Crippen LogP contribution in [0.1, 0.15) is 5.56 Å². The molecule has 0 unspecified atom stereocenters. The zero-order valence-electron chi connectivity index (χ0n) is 17.4. The summed E-state index contributed by atoms with van der Waals surface area (Å²) < 4.78 is 17.2. The third-order valence-corrected chi connectivity index (χ3v) is 5.93. The predicted molar refractivity (Wildman–Crippen MR) is 133 cm³/mol. The van der Waals surface area contributed by atoms with E-state index in [2.05, 4.69) is 0 Å². The number of amides is 1. The molecule has 1 aliphatic rings. The van der Waals surface area contributed by atoms with Crippen molar-refractivity contribution in [1.82, 2.24) is 0 Å². The molecule has 5 nitrogen and oxygen atoms in total. The number of thioether (sulfide) groups is 1. The first-order valence-electron chi connectivity index (χ1n) is 9.97. The summed E-state index contributed by atoms with van der Waals surface area (Å²) in [6.07, 6.45) is 1.84. The molecule has 0 atom stereocenters. The lowest BCUT2D eigenvalue weighted by atomic mass is 10.2. The van der Waals surface area contributed by atoms with Crippen molar-refractivity contribution < 1.29 is 19.0 Å². The Balaban J connectivity index is 1.37. The fraction of sp³-hybridized carbons (Fsp3) is 0.120. The second-order valence-corrected chi connectivity index (χ2v) is 8.48. The summed E-state index contributed by atoms with van der Waals surface area (Å²) in [6.45, 7) is 0.782. The number of anilines is 1. The van der Waals surface area contributed by atoms with E-state index in [1.807, 2.05) is 84.9 Å². The SMILES string of the molecule is COc1cccc(OCCOc2cccc(/C=C3/SC(=S)N(c4ccccc4)C3=O)c2)c1. The van der Waals surface area contributed by atoms with E-state index in [1.54, 1.807) is 12.0 Å². The number of benzene rings is 3. The van der Waals surface area contributed by atoms with Gasteiger partial charge < -0.3 is 14.2 Å². The van der Waals surface area contributed by atoms with Gasteiger partial charge in [0.2, 0.25) is 0 Å². The molecule has 1 aliphatic heterocycles. The van der Waals surface area contributed by atoms with Crippen LogP contribution >= 0.6 is 24.0 Å². The lowest BCUT2D eigenvalue weighted by Gasteiger charge is -2.13. The highest BCUT2D eigenvalue weighted by atomic mass is 32.2. The Labute approximate surface area is 196 Å². The molecular formula is C25H21NO4S2. The average Bonchev–Trinajstić information content (AvgIpc) is 3.10. The standard InChI is InChI=1S/C25H21NO4S2/c1-28-20-10-6-12-22(17-20)30-14-13-29-21-11-5-7-18(15-21)16-23-24(27)26(25(31)32-23)19-8-3-2-4-9-19/h2-12,15-17H,13-14H2,1H3/b23-16+. The Hall–Kier alpha value is -3.29. The summed E-state index contributed by atoms with van der Waals surface area (Å²) in [7, 11) is 1.62. The minimum Gasteiger partial charge on any atom is -0.497 e. The Morgan fingerprint density at radius 2 is 1.53 bits per heavy atom. The molecule has 3 aromatic rings. The van der Waals surface area contributed by atoms with E-state index < -0.39 is 0 Å². The Bertz CT molecular complexity index is 1150. The van der Waals surface area contributed by atoms with Gasteiger partial charge in [0.05, 0.1) is 17.7 Å². The molecule has 0 aliphatic carbocycles. The highest BCUT2D eigenvalue weighted by Crippen LogP contribution is 2.36. The number of carbonyl (C=O) groups is 1. The molecule has 0 spiro atoms. The lowest BCUT2D eigenvalue weighted by molar-refractivity contribution is -0.113. The zero-order valence-corrected chi connectivity index (χ0v) is 19.0. The predicted octanol–water partition coefficient (Wildman–Crippen LogP) is 5.56. The number of carbonyl (C=O) groups excluding carboxylic acids is 1. The Morgan fingerprint density at radius 1 is 0.875 bits per heavy atom. The second-order valence-electron chi connectivity index (χ2n) is 6.80. The summed E-state index contributed by atoms with van der Waals surface area (Å²) in [5.41, 5.74) is 1.64. The number of rotatable bonds is 8. The molecule has 1 heterocycles. The molecule has 4 rings (SSSR count). The van der Waals surface area contributed by atoms with Gasteiger partial charge in [-0.25, -0.2) is 0 Å². The minimum atomic E-state index is -0.121. The summed E-state index contributed by atoms with van der Waals surface area (Å²) in [5.74, 6) is 2.05. The number of hydrogen-bond donors (Lipinski definition) is 0. The normalized spacial score (nSPS) is 14.7. The van der Waals surface area contributed by atoms with Crippen LogP contribution in [0.4, 0.5) is 5.69 Å². The molecule has 0 bridgehead atoms. The van der Waals surface area contributed by atoms with E-state index in [0.717, 1.165) is 22.7 Å². The first-order chi connectivity index (χ1) is 15.6. The number of nitrogens with zero attached hydrogens (tertiary/aromatic N) is 1. The van der Waals surface area contributed by atoms with Gasteiger partial charge in [-0.2, -0.15) is 0 Å².